The zero-order valence-corrected chi connectivity index (χ0v) is 10.6. The van der Waals surface area contributed by atoms with Crippen LogP contribution in [0.2, 0.25) is 0 Å². The molecule has 0 fully saturated rings. The van der Waals surface area contributed by atoms with E-state index >= 15 is 0 Å². The number of nitrogens with one attached hydrogen (secondary N) is 1. The van der Waals surface area contributed by atoms with Crippen molar-refractivity contribution in [2.24, 2.45) is 0 Å². The van der Waals surface area contributed by atoms with Crippen molar-refractivity contribution in [3.63, 3.8) is 0 Å². The van der Waals surface area contributed by atoms with E-state index in [2.05, 4.69) is 5.32 Å². The molecule has 0 aliphatic carbocycles. The third kappa shape index (κ3) is 3.26. The molecule has 1 heterocycles. The highest BCUT2D eigenvalue weighted by Gasteiger charge is 2.20. The molecule has 1 aliphatic heterocycles. The molecule has 0 atom stereocenters. The maximum atomic E-state index is 11.8. The minimum atomic E-state index is -1.40. The molecule has 0 aromatic heterocycles. The number of carboxylic acids is 1. The third-order valence-corrected chi connectivity index (χ3v) is 2.57. The van der Waals surface area contributed by atoms with Crippen LogP contribution >= 0.6 is 0 Å². The van der Waals surface area contributed by atoms with E-state index in [9.17, 15) is 19.7 Å². The van der Waals surface area contributed by atoms with Gasteiger partial charge < -0.3 is 19.9 Å². The molecular formula is C12H10N2O7. The molecule has 0 saturated heterocycles. The number of ether oxygens (including phenoxy) is 2. The molecule has 0 bridgehead atoms. The van der Waals surface area contributed by atoms with Crippen LogP contribution in [-0.2, 0) is 14.3 Å². The maximum absolute atomic E-state index is 11.8. The third-order valence-electron chi connectivity index (χ3n) is 2.57. The highest BCUT2D eigenvalue weighted by Crippen LogP contribution is 2.23. The minimum Gasteiger partial charge on any atom is -0.494 e. The molecule has 1 aromatic carbocycles. The molecule has 110 valence electrons. The molecule has 9 nitrogen and oxygen atoms in total. The molecule has 2 N–H and O–H groups in total. The topological polar surface area (TPSA) is 128 Å². The van der Waals surface area contributed by atoms with E-state index in [-0.39, 0.29) is 23.7 Å². The number of nitro groups is 1. The second-order valence-electron chi connectivity index (χ2n) is 3.95. The Balaban J connectivity index is 2.26. The van der Waals surface area contributed by atoms with Crippen LogP contribution < -0.4 is 5.32 Å². The fourth-order valence-electron chi connectivity index (χ4n) is 1.60. The van der Waals surface area contributed by atoms with Crippen LogP contribution in [0, 0.1) is 10.1 Å². The van der Waals surface area contributed by atoms with Crippen molar-refractivity contribution in [3.8, 4) is 0 Å². The predicted octanol–water partition coefficient (Wildman–Crippen LogP) is 1.12. The number of nitrogens with zero attached hydrogens (tertiary/aromatic N) is 1. The van der Waals surface area contributed by atoms with Gasteiger partial charge in [0.05, 0.1) is 16.2 Å². The fraction of sp³-hybridized carbons (Fsp3) is 0.167. The van der Waals surface area contributed by atoms with Gasteiger partial charge in [-0.3, -0.25) is 14.9 Å². The Hall–Kier alpha value is -3.10. The summed E-state index contributed by atoms with van der Waals surface area (Å²) in [4.78, 5) is 32.9. The lowest BCUT2D eigenvalue weighted by Gasteiger charge is -2.15. The number of nitro benzene ring substituents is 1. The number of benzene rings is 1. The number of amides is 1. The van der Waals surface area contributed by atoms with Gasteiger partial charge in [-0.2, -0.15) is 0 Å². The molecule has 1 aromatic rings. The second-order valence-corrected chi connectivity index (χ2v) is 3.95. The molecule has 0 unspecified atom stereocenters. The van der Waals surface area contributed by atoms with Crippen molar-refractivity contribution < 1.29 is 29.1 Å². The highest BCUT2D eigenvalue weighted by atomic mass is 16.6. The summed E-state index contributed by atoms with van der Waals surface area (Å²) in [6, 6.07) is 3.10. The van der Waals surface area contributed by atoms with E-state index in [4.69, 9.17) is 14.6 Å². The Morgan fingerprint density at radius 2 is 2.10 bits per heavy atom. The van der Waals surface area contributed by atoms with Crippen LogP contribution in [0.5, 0.6) is 0 Å². The van der Waals surface area contributed by atoms with Gasteiger partial charge in [-0.15, -0.1) is 0 Å². The number of carbonyl (C=O) groups is 2. The van der Waals surface area contributed by atoms with E-state index < -0.39 is 22.4 Å². The van der Waals surface area contributed by atoms with Crippen molar-refractivity contribution in [3.05, 3.63) is 45.9 Å². The molecule has 0 radical (unpaired) electrons. The minimum absolute atomic E-state index is 0.0758. The van der Waals surface area contributed by atoms with Gasteiger partial charge in [0.15, 0.2) is 0 Å². The number of hydrogen-bond donors (Lipinski definition) is 2. The highest BCUT2D eigenvalue weighted by molar-refractivity contribution is 6.06. The number of carboxylic acid groups (broad SMARTS) is 1. The molecule has 1 aliphatic rings. The van der Waals surface area contributed by atoms with Crippen molar-refractivity contribution in [1.82, 2.24) is 0 Å². The Kier molecular flexibility index (Phi) is 4.02. The second kappa shape index (κ2) is 5.90. The fourth-order valence-corrected chi connectivity index (χ4v) is 1.60. The lowest BCUT2D eigenvalue weighted by atomic mass is 10.1. The maximum Gasteiger partial charge on any atom is 0.338 e. The van der Waals surface area contributed by atoms with E-state index in [1.807, 2.05) is 0 Å². The first-order valence-electron chi connectivity index (χ1n) is 5.76. The summed E-state index contributed by atoms with van der Waals surface area (Å²) < 4.78 is 9.96. The van der Waals surface area contributed by atoms with Crippen LogP contribution in [0.4, 0.5) is 11.4 Å². The van der Waals surface area contributed by atoms with Crippen molar-refractivity contribution in [2.75, 3.05) is 18.5 Å². The Bertz CT molecular complexity index is 638. The predicted molar refractivity (Wildman–Crippen MR) is 68.7 cm³/mol. The van der Waals surface area contributed by atoms with Gasteiger partial charge in [-0.25, -0.2) is 4.79 Å². The first-order chi connectivity index (χ1) is 9.99. The number of anilines is 1. The van der Waals surface area contributed by atoms with Gasteiger partial charge in [0.25, 0.3) is 11.6 Å². The van der Waals surface area contributed by atoms with Crippen molar-refractivity contribution in [1.29, 1.82) is 0 Å². The van der Waals surface area contributed by atoms with E-state index in [0.717, 1.165) is 24.5 Å². The molecule has 2 rings (SSSR count). The number of carbonyl (C=O) groups excluding carboxylic acids is 1. The molecular weight excluding hydrogens is 284 g/mol. The summed E-state index contributed by atoms with van der Waals surface area (Å²) in [5.74, 6) is -2.20. The number of rotatable bonds is 4. The Labute approximate surface area is 117 Å². The van der Waals surface area contributed by atoms with E-state index in [1.165, 1.54) is 0 Å². The summed E-state index contributed by atoms with van der Waals surface area (Å²) in [6.45, 7) is 0.514. The molecule has 21 heavy (non-hydrogen) atoms. The number of aromatic carboxylic acids is 1. The number of hydrogen-bond acceptors (Lipinski definition) is 6. The molecule has 1 amide bonds. The van der Waals surface area contributed by atoms with Gasteiger partial charge in [-0.05, 0) is 6.07 Å². The first-order valence-corrected chi connectivity index (χ1v) is 5.76. The lowest BCUT2D eigenvalue weighted by molar-refractivity contribution is -0.384. The zero-order chi connectivity index (χ0) is 15.4. The van der Waals surface area contributed by atoms with Crippen LogP contribution in [0.25, 0.3) is 0 Å². The largest absolute Gasteiger partial charge is 0.494 e. The Morgan fingerprint density at radius 3 is 2.67 bits per heavy atom. The van der Waals surface area contributed by atoms with Gasteiger partial charge in [0.1, 0.15) is 19.5 Å². The van der Waals surface area contributed by atoms with Crippen LogP contribution in [0.1, 0.15) is 10.4 Å². The molecule has 0 spiro atoms. The average molecular weight is 294 g/mol. The van der Waals surface area contributed by atoms with Crippen LogP contribution in [-0.4, -0.2) is 35.1 Å². The van der Waals surface area contributed by atoms with E-state index in [0.29, 0.717) is 6.61 Å². The summed E-state index contributed by atoms with van der Waals surface area (Å²) in [5, 5.41) is 22.0. The summed E-state index contributed by atoms with van der Waals surface area (Å²) in [6.07, 6.45) is 1.12. The van der Waals surface area contributed by atoms with Gasteiger partial charge >= 0.3 is 5.97 Å². The molecule has 0 saturated carbocycles. The average Bonchev–Trinajstić information content (AvgIpc) is 2.48. The molecule has 9 heteroatoms. The SMILES string of the molecule is O=C(Nc1ccc([N+](=O)[O-])cc1C(=O)O)C1=COCCO1. The van der Waals surface area contributed by atoms with E-state index in [1.54, 1.807) is 0 Å². The first kappa shape index (κ1) is 14.3. The van der Waals surface area contributed by atoms with Crippen LogP contribution in [0.15, 0.2) is 30.2 Å². The van der Waals surface area contributed by atoms with Crippen molar-refractivity contribution in [2.45, 2.75) is 0 Å². The number of non-ortho nitro benzene ring substituents is 1. The van der Waals surface area contributed by atoms with Crippen molar-refractivity contribution >= 4 is 23.3 Å². The summed E-state index contributed by atoms with van der Waals surface area (Å²) in [7, 11) is 0. The van der Waals surface area contributed by atoms with Gasteiger partial charge in [-0.1, -0.05) is 0 Å². The summed E-state index contributed by atoms with van der Waals surface area (Å²) in [5.41, 5.74) is -0.857. The Morgan fingerprint density at radius 1 is 1.33 bits per heavy atom. The lowest BCUT2D eigenvalue weighted by Crippen LogP contribution is -2.22. The quantitative estimate of drug-likeness (QED) is 0.628. The van der Waals surface area contributed by atoms with Gasteiger partial charge in [0.2, 0.25) is 5.76 Å². The summed E-state index contributed by atoms with van der Waals surface area (Å²) >= 11 is 0. The van der Waals surface area contributed by atoms with Crippen LogP contribution in [0.3, 0.4) is 0 Å². The normalized spacial score (nSPS) is 13.4. The zero-order valence-electron chi connectivity index (χ0n) is 10.6. The smallest absolute Gasteiger partial charge is 0.338 e. The standard InChI is InChI=1S/C12H10N2O7/c15-11(10-6-20-3-4-21-10)13-9-2-1-7(14(18)19)5-8(9)12(16)17/h1-2,5-6H,3-4H2,(H,13,15)(H,16,17). The monoisotopic (exact) mass is 294 g/mol. The van der Waals surface area contributed by atoms with Gasteiger partial charge in [0, 0.05) is 12.1 Å².